The smallest absolute Gasteiger partial charge is 0.280 e. The first-order valence-corrected chi connectivity index (χ1v) is 7.95. The minimum absolute atomic E-state index is 0.153. The lowest BCUT2D eigenvalue weighted by atomic mass is 10.2. The van der Waals surface area contributed by atoms with Crippen LogP contribution in [-0.4, -0.2) is 36.0 Å². The van der Waals surface area contributed by atoms with Crippen LogP contribution in [0.5, 0.6) is 0 Å². The molecule has 0 unspecified atom stereocenters. The zero-order chi connectivity index (χ0) is 14.0. The first-order chi connectivity index (χ1) is 8.90. The molecule has 1 aliphatic heterocycles. The second-order valence-corrected chi connectivity index (χ2v) is 6.80. The van der Waals surface area contributed by atoms with Gasteiger partial charge < -0.3 is 4.52 Å². The van der Waals surface area contributed by atoms with Gasteiger partial charge in [-0.25, -0.2) is 0 Å². The summed E-state index contributed by atoms with van der Waals surface area (Å²) in [5.41, 5.74) is 0. The third-order valence-corrected chi connectivity index (χ3v) is 4.77. The Hall–Kier alpha value is -0.990. The first-order valence-electron chi connectivity index (χ1n) is 6.51. The Bertz CT molecular complexity index is 520. The summed E-state index contributed by atoms with van der Waals surface area (Å²) in [6.45, 7) is 6.75. The largest absolute Gasteiger partial charge is 0.338 e. The lowest BCUT2D eigenvalue weighted by molar-refractivity contribution is 0.344. The topological polar surface area (TPSA) is 88.3 Å². The number of rotatable bonds is 5. The van der Waals surface area contributed by atoms with E-state index >= 15 is 0 Å². The highest BCUT2D eigenvalue weighted by atomic mass is 32.2. The molecule has 0 aromatic carbocycles. The van der Waals surface area contributed by atoms with Crippen molar-refractivity contribution in [3.05, 3.63) is 11.7 Å². The molecule has 1 aromatic rings. The third kappa shape index (κ3) is 3.31. The average Bonchev–Trinajstić information content (AvgIpc) is 3.00. The van der Waals surface area contributed by atoms with E-state index in [2.05, 4.69) is 14.9 Å². The molecule has 1 atom stereocenters. The van der Waals surface area contributed by atoms with Crippen LogP contribution >= 0.6 is 0 Å². The van der Waals surface area contributed by atoms with Crippen molar-refractivity contribution in [2.24, 2.45) is 0 Å². The Labute approximate surface area is 113 Å². The molecular weight excluding hydrogens is 268 g/mol. The zero-order valence-electron chi connectivity index (χ0n) is 11.5. The molecule has 1 N–H and O–H groups in total. The SMILES string of the molecule is CC(C)c1noc([C@@H](C)NS(=O)(=O)N2CCCC2)n1. The van der Waals surface area contributed by atoms with Crippen molar-refractivity contribution in [1.82, 2.24) is 19.2 Å². The highest BCUT2D eigenvalue weighted by Gasteiger charge is 2.28. The van der Waals surface area contributed by atoms with Crippen molar-refractivity contribution >= 4 is 10.2 Å². The van der Waals surface area contributed by atoms with Crippen LogP contribution in [0.15, 0.2) is 4.52 Å². The summed E-state index contributed by atoms with van der Waals surface area (Å²) >= 11 is 0. The van der Waals surface area contributed by atoms with Gasteiger partial charge in [0, 0.05) is 19.0 Å². The highest BCUT2D eigenvalue weighted by Crippen LogP contribution is 2.18. The van der Waals surface area contributed by atoms with E-state index in [4.69, 9.17) is 4.52 Å². The van der Waals surface area contributed by atoms with Crippen molar-refractivity contribution < 1.29 is 12.9 Å². The van der Waals surface area contributed by atoms with Gasteiger partial charge in [0.05, 0.1) is 6.04 Å². The van der Waals surface area contributed by atoms with Crippen LogP contribution in [0.3, 0.4) is 0 Å². The second kappa shape index (κ2) is 5.56. The van der Waals surface area contributed by atoms with E-state index in [9.17, 15) is 8.42 Å². The fourth-order valence-electron chi connectivity index (χ4n) is 1.93. The summed E-state index contributed by atoms with van der Waals surface area (Å²) in [5.74, 6) is 1.04. The maximum atomic E-state index is 12.1. The molecule has 7 nitrogen and oxygen atoms in total. The molecule has 0 spiro atoms. The summed E-state index contributed by atoms with van der Waals surface area (Å²) < 4.78 is 33.3. The Morgan fingerprint density at radius 1 is 1.26 bits per heavy atom. The van der Waals surface area contributed by atoms with Gasteiger partial charge in [0.15, 0.2) is 5.82 Å². The quantitative estimate of drug-likeness (QED) is 0.879. The highest BCUT2D eigenvalue weighted by molar-refractivity contribution is 7.87. The number of hydrogen-bond acceptors (Lipinski definition) is 5. The van der Waals surface area contributed by atoms with Crippen molar-refractivity contribution in [3.63, 3.8) is 0 Å². The molecule has 0 radical (unpaired) electrons. The van der Waals surface area contributed by atoms with Gasteiger partial charge in [-0.2, -0.15) is 22.4 Å². The number of aromatic nitrogens is 2. The Balaban J connectivity index is 2.05. The second-order valence-electron chi connectivity index (χ2n) is 5.10. The zero-order valence-corrected chi connectivity index (χ0v) is 12.3. The van der Waals surface area contributed by atoms with E-state index in [-0.39, 0.29) is 5.92 Å². The summed E-state index contributed by atoms with van der Waals surface area (Å²) in [6, 6.07) is -0.523. The van der Waals surface area contributed by atoms with E-state index in [1.54, 1.807) is 6.92 Å². The molecule has 1 aliphatic rings. The molecule has 0 aliphatic carbocycles. The summed E-state index contributed by atoms with van der Waals surface area (Å²) in [7, 11) is -3.46. The molecule has 1 saturated heterocycles. The molecule has 2 heterocycles. The standard InChI is InChI=1S/C11H20N4O3S/c1-8(2)10-12-11(18-13-10)9(3)14-19(16,17)15-6-4-5-7-15/h8-9,14H,4-7H2,1-3H3/t9-/m1/s1. The van der Waals surface area contributed by atoms with Crippen LogP contribution in [-0.2, 0) is 10.2 Å². The van der Waals surface area contributed by atoms with Crippen LogP contribution in [0.4, 0.5) is 0 Å². The Kier molecular flexibility index (Phi) is 4.22. The minimum Gasteiger partial charge on any atom is -0.338 e. The van der Waals surface area contributed by atoms with Gasteiger partial charge in [-0.3, -0.25) is 0 Å². The first kappa shape index (κ1) is 14.4. The van der Waals surface area contributed by atoms with Gasteiger partial charge in [0.2, 0.25) is 5.89 Å². The number of nitrogens with zero attached hydrogens (tertiary/aromatic N) is 3. The van der Waals surface area contributed by atoms with Crippen molar-refractivity contribution in [1.29, 1.82) is 0 Å². The molecule has 1 aromatic heterocycles. The van der Waals surface area contributed by atoms with E-state index < -0.39 is 16.3 Å². The molecule has 0 bridgehead atoms. The number of nitrogens with one attached hydrogen (secondary N) is 1. The minimum atomic E-state index is -3.46. The lowest BCUT2D eigenvalue weighted by Crippen LogP contribution is -2.40. The van der Waals surface area contributed by atoms with Gasteiger partial charge in [0.1, 0.15) is 0 Å². The molecule has 108 valence electrons. The molecule has 19 heavy (non-hydrogen) atoms. The predicted octanol–water partition coefficient (Wildman–Crippen LogP) is 1.18. The van der Waals surface area contributed by atoms with E-state index in [1.807, 2.05) is 13.8 Å². The van der Waals surface area contributed by atoms with Crippen molar-refractivity contribution in [2.75, 3.05) is 13.1 Å². The summed E-state index contributed by atoms with van der Waals surface area (Å²) in [6.07, 6.45) is 1.82. The Morgan fingerprint density at radius 2 is 1.89 bits per heavy atom. The van der Waals surface area contributed by atoms with E-state index in [0.717, 1.165) is 12.8 Å². The summed E-state index contributed by atoms with van der Waals surface area (Å²) in [5, 5.41) is 3.83. The van der Waals surface area contributed by atoms with Gasteiger partial charge in [-0.05, 0) is 19.8 Å². The van der Waals surface area contributed by atoms with Crippen molar-refractivity contribution in [2.45, 2.75) is 45.6 Å². The van der Waals surface area contributed by atoms with Crippen LogP contribution in [0, 0.1) is 0 Å². The third-order valence-electron chi connectivity index (χ3n) is 3.07. The number of hydrogen-bond donors (Lipinski definition) is 1. The average molecular weight is 288 g/mol. The molecule has 0 amide bonds. The monoisotopic (exact) mass is 288 g/mol. The molecular formula is C11H20N4O3S. The molecule has 2 rings (SSSR count). The van der Waals surface area contributed by atoms with Crippen LogP contribution in [0.25, 0.3) is 0 Å². The van der Waals surface area contributed by atoms with Gasteiger partial charge in [-0.15, -0.1) is 0 Å². The predicted molar refractivity (Wildman–Crippen MR) is 69.7 cm³/mol. The molecule has 0 saturated carbocycles. The van der Waals surface area contributed by atoms with Gasteiger partial charge >= 0.3 is 0 Å². The van der Waals surface area contributed by atoms with Crippen LogP contribution in [0.2, 0.25) is 0 Å². The van der Waals surface area contributed by atoms with Crippen LogP contribution in [0.1, 0.15) is 57.3 Å². The molecule has 1 fully saturated rings. The fourth-order valence-corrected chi connectivity index (χ4v) is 3.37. The summed E-state index contributed by atoms with van der Waals surface area (Å²) in [4.78, 5) is 4.20. The maximum Gasteiger partial charge on any atom is 0.280 e. The van der Waals surface area contributed by atoms with E-state index in [1.165, 1.54) is 4.31 Å². The van der Waals surface area contributed by atoms with E-state index in [0.29, 0.717) is 24.8 Å². The maximum absolute atomic E-state index is 12.1. The Morgan fingerprint density at radius 3 is 2.42 bits per heavy atom. The van der Waals surface area contributed by atoms with Gasteiger partial charge in [0.25, 0.3) is 10.2 Å². The van der Waals surface area contributed by atoms with Gasteiger partial charge in [-0.1, -0.05) is 19.0 Å². The normalized spacial score (nSPS) is 19.2. The van der Waals surface area contributed by atoms with Crippen LogP contribution < -0.4 is 4.72 Å². The molecule has 8 heteroatoms. The fraction of sp³-hybridized carbons (Fsp3) is 0.818. The van der Waals surface area contributed by atoms with Crippen molar-refractivity contribution in [3.8, 4) is 0 Å². The lowest BCUT2D eigenvalue weighted by Gasteiger charge is -2.18.